The molecule has 0 radical (unpaired) electrons. The first-order chi connectivity index (χ1) is 30.3. The molecular formula is C50H54N8O4. The van der Waals surface area contributed by atoms with E-state index in [0.29, 0.717) is 17.9 Å². The van der Waals surface area contributed by atoms with Crippen LogP contribution in [0.4, 0.5) is 4.79 Å². The van der Waals surface area contributed by atoms with Crippen molar-refractivity contribution >= 4 is 12.0 Å². The summed E-state index contributed by atoms with van der Waals surface area (Å²) in [6, 6.07) is 34.4. The minimum absolute atomic E-state index is 0.00264. The Balaban J connectivity index is 0.904. The summed E-state index contributed by atoms with van der Waals surface area (Å²) in [5, 5.41) is 14.6. The minimum Gasteiger partial charge on any atom is -0.453 e. The maximum Gasteiger partial charge on any atom is 0.407 e. The number of hydrogen-bond acceptors (Lipinski definition) is 8. The number of aliphatic hydroxyl groups is 1. The number of methoxy groups -OCH3 is 1. The molecule has 0 saturated carbocycles. The third-order valence-corrected chi connectivity index (χ3v) is 12.2. The van der Waals surface area contributed by atoms with Crippen molar-refractivity contribution < 1.29 is 19.4 Å². The Hall–Kier alpha value is -6.52. The summed E-state index contributed by atoms with van der Waals surface area (Å²) >= 11 is 0. The zero-order valence-electron chi connectivity index (χ0n) is 35.5. The number of hydrogen-bond donors (Lipinski definition) is 4. The number of likely N-dealkylation sites (N-methyl/N-ethyl adjacent to an activating group) is 1. The molecule has 4 aromatic carbocycles. The molecule has 2 aliphatic heterocycles. The average molecular weight is 831 g/mol. The molecule has 62 heavy (non-hydrogen) atoms. The highest BCUT2D eigenvalue weighted by Crippen LogP contribution is 2.38. The number of carbonyl (C=O) groups is 2. The van der Waals surface area contributed by atoms with E-state index in [0.717, 1.165) is 90.3 Å². The Kier molecular flexibility index (Phi) is 13.2. The lowest BCUT2D eigenvalue weighted by molar-refractivity contribution is -0.134. The predicted octanol–water partition coefficient (Wildman–Crippen LogP) is 8.17. The summed E-state index contributed by atoms with van der Waals surface area (Å²) in [4.78, 5) is 49.0. The number of benzene rings is 4. The lowest BCUT2D eigenvalue weighted by Crippen LogP contribution is -2.46. The van der Waals surface area contributed by atoms with Gasteiger partial charge in [0.05, 0.1) is 49.0 Å². The van der Waals surface area contributed by atoms with Gasteiger partial charge in [-0.2, -0.15) is 0 Å². The summed E-state index contributed by atoms with van der Waals surface area (Å²) in [6.45, 7) is 7.36. The lowest BCUT2D eigenvalue weighted by atomic mass is 10.0. The first-order valence-corrected chi connectivity index (χ1v) is 21.6. The van der Waals surface area contributed by atoms with Gasteiger partial charge in [0.1, 0.15) is 23.9 Å². The van der Waals surface area contributed by atoms with Gasteiger partial charge in [-0.05, 0) is 85.3 Å². The largest absolute Gasteiger partial charge is 0.453 e. The van der Waals surface area contributed by atoms with Crippen LogP contribution in [0.2, 0.25) is 0 Å². The number of carbonyl (C=O) groups excluding carboxylic acids is 2. The van der Waals surface area contributed by atoms with E-state index >= 15 is 0 Å². The molecule has 5 unspecified atom stereocenters. The van der Waals surface area contributed by atoms with Gasteiger partial charge in [0, 0.05) is 24.2 Å². The normalized spacial score (nSPS) is 17.9. The zero-order valence-corrected chi connectivity index (χ0v) is 35.5. The van der Waals surface area contributed by atoms with Crippen molar-refractivity contribution in [3.8, 4) is 34.4 Å². The van der Waals surface area contributed by atoms with Crippen LogP contribution >= 0.6 is 0 Å². The number of likely N-dealkylation sites (tertiary alicyclic amines) is 2. The molecule has 12 heteroatoms. The van der Waals surface area contributed by atoms with Crippen molar-refractivity contribution in [2.75, 3.05) is 33.3 Å². The Morgan fingerprint density at radius 1 is 0.758 bits per heavy atom. The topological polar surface area (TPSA) is 143 Å². The summed E-state index contributed by atoms with van der Waals surface area (Å²) in [6.07, 6.45) is 5.86. The standard InChI is InChI=1S/C50H54N8O4/c1-4-56(5-2)45(39-16-10-7-11-17-39)49(60)58-31-13-19-43(58)47-52-33-41(54-47)37-28-24-35(25-29-37)21-20-34-22-26-36(27-23-34)40-32-51-46(53-40)42-18-12-30-57(42)48(59)44(55-50(61)62-3)38-14-8-6-9-15-38/h6-11,14-17,22-29,32-33,42-45,49,60H,4-5,12-13,18-19,30-31H2,1-3H3,(H,51,53)(H,52,54)(H,55,61). The molecule has 4 heterocycles. The molecule has 2 aliphatic rings. The fraction of sp³-hybridized carbons (Fsp3) is 0.320. The number of nitrogens with zero attached hydrogens (tertiary/aromatic N) is 5. The van der Waals surface area contributed by atoms with Crippen LogP contribution in [0.3, 0.4) is 0 Å². The molecule has 5 atom stereocenters. The number of imidazole rings is 2. The summed E-state index contributed by atoms with van der Waals surface area (Å²) in [5.74, 6) is 7.96. The molecule has 12 nitrogen and oxygen atoms in total. The van der Waals surface area contributed by atoms with Crippen LogP contribution in [-0.4, -0.2) is 91.3 Å². The number of ether oxygens (including phenoxy) is 1. The van der Waals surface area contributed by atoms with Crippen molar-refractivity contribution in [3.05, 3.63) is 155 Å². The van der Waals surface area contributed by atoms with Gasteiger partial charge in [-0.1, -0.05) is 111 Å². The number of H-pyrrole nitrogens is 2. The van der Waals surface area contributed by atoms with Gasteiger partial charge in [-0.3, -0.25) is 14.6 Å². The Bertz CT molecular complexity index is 2470. The number of amides is 2. The maximum atomic E-state index is 13.9. The molecule has 318 valence electrons. The first kappa shape index (κ1) is 42.2. The monoisotopic (exact) mass is 830 g/mol. The Morgan fingerprint density at radius 2 is 1.27 bits per heavy atom. The van der Waals surface area contributed by atoms with E-state index in [1.807, 2.05) is 91.1 Å². The van der Waals surface area contributed by atoms with Gasteiger partial charge in [0.15, 0.2) is 0 Å². The molecule has 8 rings (SSSR count). The van der Waals surface area contributed by atoms with Gasteiger partial charge in [-0.15, -0.1) is 0 Å². The summed E-state index contributed by atoms with van der Waals surface area (Å²) in [7, 11) is 1.29. The number of aromatic nitrogens is 4. The number of aromatic amines is 2. The predicted molar refractivity (Wildman–Crippen MR) is 239 cm³/mol. The number of aliphatic hydroxyl groups excluding tert-OH is 1. The lowest BCUT2D eigenvalue weighted by Gasteiger charge is -2.39. The van der Waals surface area contributed by atoms with E-state index in [1.165, 1.54) is 7.11 Å². The van der Waals surface area contributed by atoms with Crippen LogP contribution in [0.15, 0.2) is 122 Å². The smallest absolute Gasteiger partial charge is 0.407 e. The van der Waals surface area contributed by atoms with E-state index < -0.39 is 18.4 Å². The van der Waals surface area contributed by atoms with Crippen molar-refractivity contribution in [1.82, 2.24) is 40.0 Å². The quantitative estimate of drug-likeness (QED) is 0.0855. The maximum absolute atomic E-state index is 13.9. The van der Waals surface area contributed by atoms with Crippen LogP contribution in [0.1, 0.15) is 97.6 Å². The highest BCUT2D eigenvalue weighted by atomic mass is 16.5. The molecule has 4 N–H and O–H groups in total. The molecule has 2 saturated heterocycles. The van der Waals surface area contributed by atoms with Gasteiger partial charge >= 0.3 is 6.09 Å². The molecule has 6 aromatic rings. The van der Waals surface area contributed by atoms with E-state index in [-0.39, 0.29) is 24.0 Å². The molecule has 0 spiro atoms. The summed E-state index contributed by atoms with van der Waals surface area (Å²) < 4.78 is 4.83. The van der Waals surface area contributed by atoms with E-state index in [9.17, 15) is 14.7 Å². The van der Waals surface area contributed by atoms with Crippen molar-refractivity contribution in [2.45, 2.75) is 69.9 Å². The van der Waals surface area contributed by atoms with Crippen LogP contribution in [0, 0.1) is 11.8 Å². The number of rotatable bonds is 13. The zero-order chi connectivity index (χ0) is 43.0. The highest BCUT2D eigenvalue weighted by molar-refractivity contribution is 5.87. The van der Waals surface area contributed by atoms with Crippen molar-refractivity contribution in [1.29, 1.82) is 0 Å². The Morgan fingerprint density at radius 3 is 1.82 bits per heavy atom. The third-order valence-electron chi connectivity index (χ3n) is 12.2. The Labute approximate surface area is 363 Å². The molecule has 0 aliphatic carbocycles. The summed E-state index contributed by atoms with van der Waals surface area (Å²) in [5.41, 5.74) is 7.34. The highest BCUT2D eigenvalue weighted by Gasteiger charge is 2.39. The van der Waals surface area contributed by atoms with E-state index in [4.69, 9.17) is 14.7 Å². The number of nitrogens with one attached hydrogen (secondary N) is 3. The van der Waals surface area contributed by atoms with Crippen molar-refractivity contribution in [2.24, 2.45) is 0 Å². The van der Waals surface area contributed by atoms with E-state index in [1.54, 1.807) is 11.1 Å². The van der Waals surface area contributed by atoms with Crippen LogP contribution in [0.25, 0.3) is 22.5 Å². The van der Waals surface area contributed by atoms with Crippen LogP contribution in [0.5, 0.6) is 0 Å². The van der Waals surface area contributed by atoms with Gasteiger partial charge in [-0.25, -0.2) is 14.8 Å². The number of alkyl carbamates (subject to hydrolysis) is 1. The van der Waals surface area contributed by atoms with Gasteiger partial charge in [0.2, 0.25) is 0 Å². The minimum atomic E-state index is -0.873. The second-order valence-electron chi connectivity index (χ2n) is 15.8. The SMILES string of the molecule is CCN(CC)C(c1ccccc1)C(O)N1CCCC1c1ncc(-c2ccc(C#Cc3ccc(-c4cnc(C5CCCN5C(=O)C(NC(=O)OC)c5ccccc5)[nH]4)cc3)cc2)[nH]1. The molecule has 2 fully saturated rings. The molecule has 0 bridgehead atoms. The van der Waals surface area contributed by atoms with Crippen LogP contribution < -0.4 is 5.32 Å². The molecular weight excluding hydrogens is 777 g/mol. The van der Waals surface area contributed by atoms with E-state index in [2.05, 4.69) is 75.0 Å². The molecule has 2 amide bonds. The van der Waals surface area contributed by atoms with Crippen LogP contribution in [-0.2, 0) is 9.53 Å². The van der Waals surface area contributed by atoms with Crippen molar-refractivity contribution in [3.63, 3.8) is 0 Å². The second kappa shape index (κ2) is 19.5. The van der Waals surface area contributed by atoms with Gasteiger partial charge < -0.3 is 30.0 Å². The fourth-order valence-electron chi connectivity index (χ4n) is 8.93. The first-order valence-electron chi connectivity index (χ1n) is 21.6. The second-order valence-corrected chi connectivity index (χ2v) is 15.8. The third kappa shape index (κ3) is 9.21. The average Bonchev–Trinajstić information content (AvgIpc) is 4.17. The fourth-order valence-corrected chi connectivity index (χ4v) is 8.93. The molecule has 2 aromatic heterocycles. The van der Waals surface area contributed by atoms with Gasteiger partial charge in [0.25, 0.3) is 5.91 Å².